The van der Waals surface area contributed by atoms with Crippen molar-refractivity contribution in [2.45, 2.75) is 38.5 Å². The van der Waals surface area contributed by atoms with Gasteiger partial charge in [0.1, 0.15) is 5.58 Å². The van der Waals surface area contributed by atoms with Crippen LogP contribution < -0.4 is 4.90 Å². The van der Waals surface area contributed by atoms with Crippen LogP contribution in [0, 0.1) is 0 Å². The second-order valence-electron chi connectivity index (χ2n) is 16.1. The zero-order valence-corrected chi connectivity index (χ0v) is 30.9. The lowest BCUT2D eigenvalue weighted by Crippen LogP contribution is -2.17. The molecule has 2 aliphatic rings. The molecule has 0 saturated carbocycles. The molecule has 0 N–H and O–H groups in total. The number of benzene rings is 8. The quantitative estimate of drug-likeness (QED) is 0.182. The highest BCUT2D eigenvalue weighted by Gasteiger charge is 2.42. The Balaban J connectivity index is 1.09. The number of hydrogen-bond acceptors (Lipinski definition) is 2. The van der Waals surface area contributed by atoms with Crippen LogP contribution in [-0.2, 0) is 10.8 Å². The fourth-order valence-electron chi connectivity index (χ4n) is 9.72. The Kier molecular flexibility index (Phi) is 6.39. The van der Waals surface area contributed by atoms with E-state index in [1.165, 1.54) is 66.4 Å². The van der Waals surface area contributed by atoms with Gasteiger partial charge in [0.2, 0.25) is 0 Å². The van der Waals surface area contributed by atoms with E-state index < -0.39 is 0 Å². The van der Waals surface area contributed by atoms with Gasteiger partial charge in [-0.05, 0) is 115 Å². The van der Waals surface area contributed by atoms with Gasteiger partial charge in [0.25, 0.3) is 0 Å². The lowest BCUT2D eigenvalue weighted by atomic mass is 9.78. The summed E-state index contributed by atoms with van der Waals surface area (Å²) in [6.07, 6.45) is 0. The van der Waals surface area contributed by atoms with Crippen molar-refractivity contribution in [2.24, 2.45) is 0 Å². The van der Waals surface area contributed by atoms with Crippen LogP contribution in [0.2, 0.25) is 0 Å². The summed E-state index contributed by atoms with van der Waals surface area (Å²) in [6, 6.07) is 60.0. The smallest absolute Gasteiger partial charge is 0.159 e. The van der Waals surface area contributed by atoms with E-state index in [9.17, 15) is 0 Å². The summed E-state index contributed by atoms with van der Waals surface area (Å²) in [7, 11) is 0. The Morgan fingerprint density at radius 2 is 1.04 bits per heavy atom. The van der Waals surface area contributed by atoms with E-state index in [-0.39, 0.29) is 10.8 Å². The number of anilines is 3. The van der Waals surface area contributed by atoms with E-state index in [0.717, 1.165) is 39.0 Å². The van der Waals surface area contributed by atoms with Crippen LogP contribution in [0.15, 0.2) is 168 Å². The molecule has 1 aromatic heterocycles. The van der Waals surface area contributed by atoms with E-state index in [2.05, 4.69) is 190 Å². The monoisotopic (exact) mass is 693 g/mol. The topological polar surface area (TPSA) is 16.4 Å². The van der Waals surface area contributed by atoms with Gasteiger partial charge in [0.15, 0.2) is 5.58 Å². The predicted molar refractivity (Wildman–Crippen MR) is 226 cm³/mol. The molecule has 0 unspecified atom stereocenters. The van der Waals surface area contributed by atoms with Gasteiger partial charge < -0.3 is 9.32 Å². The normalized spacial score (nSPS) is 14.6. The summed E-state index contributed by atoms with van der Waals surface area (Å²) in [5.41, 5.74) is 18.1. The number of nitrogens with zero attached hydrogens (tertiary/aromatic N) is 1. The summed E-state index contributed by atoms with van der Waals surface area (Å²) in [5.74, 6) is 0. The largest absolute Gasteiger partial charge is 0.454 e. The van der Waals surface area contributed by atoms with Gasteiger partial charge in [-0.2, -0.15) is 0 Å². The molecule has 11 rings (SSSR count). The molecule has 2 aliphatic carbocycles. The number of hydrogen-bond donors (Lipinski definition) is 0. The Bertz CT molecular complexity index is 2980. The Morgan fingerprint density at radius 1 is 0.426 bits per heavy atom. The predicted octanol–water partition coefficient (Wildman–Crippen LogP) is 14.5. The van der Waals surface area contributed by atoms with E-state index >= 15 is 0 Å². The molecule has 0 amide bonds. The van der Waals surface area contributed by atoms with Gasteiger partial charge in [-0.1, -0.05) is 143 Å². The highest BCUT2D eigenvalue weighted by molar-refractivity contribution is 6.10. The Hall–Kier alpha value is -6.38. The van der Waals surface area contributed by atoms with Crippen LogP contribution in [0.4, 0.5) is 17.1 Å². The summed E-state index contributed by atoms with van der Waals surface area (Å²) < 4.78 is 6.66. The molecule has 2 heteroatoms. The zero-order valence-electron chi connectivity index (χ0n) is 30.9. The fourth-order valence-corrected chi connectivity index (χ4v) is 9.72. The van der Waals surface area contributed by atoms with Gasteiger partial charge in [0.05, 0.1) is 5.69 Å². The second-order valence-corrected chi connectivity index (χ2v) is 16.1. The highest BCUT2D eigenvalue weighted by atomic mass is 16.3. The average Bonchev–Trinajstić information content (AvgIpc) is 3.78. The molecule has 0 bridgehead atoms. The second kappa shape index (κ2) is 11.1. The minimum Gasteiger partial charge on any atom is -0.454 e. The molecule has 9 aromatic rings. The Morgan fingerprint density at radius 3 is 1.85 bits per heavy atom. The maximum Gasteiger partial charge on any atom is 0.159 e. The summed E-state index contributed by atoms with van der Waals surface area (Å²) in [4.78, 5) is 2.38. The van der Waals surface area contributed by atoms with E-state index in [1.54, 1.807) is 0 Å². The maximum absolute atomic E-state index is 6.66. The minimum atomic E-state index is -0.201. The molecule has 54 heavy (non-hydrogen) atoms. The van der Waals surface area contributed by atoms with Gasteiger partial charge in [0, 0.05) is 33.0 Å². The van der Waals surface area contributed by atoms with Crippen molar-refractivity contribution >= 4 is 49.8 Å². The maximum atomic E-state index is 6.66. The standard InChI is InChI=1S/C52H39NO/c1-51(2)44-29-36(26-28-38(44)42-30-46-43(31-45(42)51)40-27-23-34-15-8-9-16-37(34)49(40)52(46,3)4)53(35-24-21-33(22-25-35)32-13-6-5-7-14-32)47-19-12-18-41-39-17-10-11-20-48(39)54-50(41)47/h5-31H,1-4H3. The number of rotatable bonds is 4. The summed E-state index contributed by atoms with van der Waals surface area (Å²) in [5, 5.41) is 4.91. The molecule has 0 atom stereocenters. The van der Waals surface area contributed by atoms with E-state index in [0.29, 0.717) is 0 Å². The Labute approximate surface area is 315 Å². The first-order valence-electron chi connectivity index (χ1n) is 19.0. The molecule has 8 aromatic carbocycles. The van der Waals surface area contributed by atoms with Gasteiger partial charge in [-0.3, -0.25) is 0 Å². The third-order valence-electron chi connectivity index (χ3n) is 12.4. The van der Waals surface area contributed by atoms with Crippen LogP contribution in [0.25, 0.3) is 66.1 Å². The van der Waals surface area contributed by atoms with Crippen molar-refractivity contribution in [3.8, 4) is 33.4 Å². The number of furan rings is 1. The third-order valence-corrected chi connectivity index (χ3v) is 12.4. The van der Waals surface area contributed by atoms with Crippen molar-refractivity contribution in [2.75, 3.05) is 4.90 Å². The van der Waals surface area contributed by atoms with Crippen molar-refractivity contribution in [3.05, 3.63) is 186 Å². The first-order valence-corrected chi connectivity index (χ1v) is 19.0. The van der Waals surface area contributed by atoms with Crippen LogP contribution in [0.3, 0.4) is 0 Å². The minimum absolute atomic E-state index is 0.110. The zero-order chi connectivity index (χ0) is 36.3. The van der Waals surface area contributed by atoms with E-state index in [1.807, 2.05) is 6.07 Å². The fraction of sp³-hybridized carbons (Fsp3) is 0.115. The molecule has 258 valence electrons. The van der Waals surface area contributed by atoms with Gasteiger partial charge >= 0.3 is 0 Å². The van der Waals surface area contributed by atoms with Gasteiger partial charge in [-0.15, -0.1) is 0 Å². The molecule has 0 spiro atoms. The molecule has 0 radical (unpaired) electrons. The van der Waals surface area contributed by atoms with Crippen LogP contribution in [0.5, 0.6) is 0 Å². The number of fused-ring (bicyclic) bond motifs is 11. The molecule has 2 nitrogen and oxygen atoms in total. The van der Waals surface area contributed by atoms with Crippen LogP contribution >= 0.6 is 0 Å². The molecule has 0 saturated heterocycles. The molecule has 0 aliphatic heterocycles. The summed E-state index contributed by atoms with van der Waals surface area (Å²) in [6.45, 7) is 9.60. The van der Waals surface area contributed by atoms with Crippen molar-refractivity contribution < 1.29 is 4.42 Å². The first kappa shape index (κ1) is 31.2. The molecule has 1 heterocycles. The SMILES string of the molecule is CC1(C)c2cc(N(c3ccc(-c4ccccc4)cc3)c3cccc4c3oc3ccccc34)ccc2-c2cc3c(cc21)-c1ccc2ccccc2c1C3(C)C. The van der Waals surface area contributed by atoms with Crippen molar-refractivity contribution in [1.29, 1.82) is 0 Å². The number of para-hydroxylation sites is 2. The molecule has 0 fully saturated rings. The molecular formula is C52H39NO. The van der Waals surface area contributed by atoms with Crippen LogP contribution in [0.1, 0.15) is 49.9 Å². The highest BCUT2D eigenvalue weighted by Crippen LogP contribution is 2.58. The summed E-state index contributed by atoms with van der Waals surface area (Å²) >= 11 is 0. The lowest BCUT2D eigenvalue weighted by Gasteiger charge is -2.28. The average molecular weight is 694 g/mol. The van der Waals surface area contributed by atoms with Crippen molar-refractivity contribution in [1.82, 2.24) is 0 Å². The third kappa shape index (κ3) is 4.28. The van der Waals surface area contributed by atoms with Gasteiger partial charge in [-0.25, -0.2) is 0 Å². The first-order chi connectivity index (χ1) is 26.3. The van der Waals surface area contributed by atoms with Crippen molar-refractivity contribution in [3.63, 3.8) is 0 Å². The van der Waals surface area contributed by atoms with E-state index in [4.69, 9.17) is 4.42 Å². The van der Waals surface area contributed by atoms with Crippen LogP contribution in [-0.4, -0.2) is 0 Å². The lowest BCUT2D eigenvalue weighted by molar-refractivity contribution is 0.654. The molecular weight excluding hydrogens is 655 g/mol.